The van der Waals surface area contributed by atoms with E-state index in [1.807, 2.05) is 26.0 Å². The van der Waals surface area contributed by atoms with Gasteiger partial charge in [0.2, 0.25) is 9.84 Å². The maximum absolute atomic E-state index is 13.1. The highest BCUT2D eigenvalue weighted by Gasteiger charge is 2.18. The third-order valence-electron chi connectivity index (χ3n) is 5.29. The van der Waals surface area contributed by atoms with Crippen LogP contribution in [0.3, 0.4) is 0 Å². The second-order valence-electron chi connectivity index (χ2n) is 8.45. The van der Waals surface area contributed by atoms with Gasteiger partial charge in [-0.1, -0.05) is 38.1 Å². The van der Waals surface area contributed by atoms with E-state index in [4.69, 9.17) is 4.74 Å². The van der Waals surface area contributed by atoms with E-state index in [1.165, 1.54) is 0 Å². The van der Waals surface area contributed by atoms with E-state index in [0.29, 0.717) is 23.8 Å². The van der Waals surface area contributed by atoms with Crippen molar-refractivity contribution in [3.05, 3.63) is 96.3 Å². The number of nitrogens with zero attached hydrogens (tertiary/aromatic N) is 1. The molecule has 4 rings (SSSR count). The summed E-state index contributed by atoms with van der Waals surface area (Å²) in [4.78, 5) is 17.0. The zero-order valence-corrected chi connectivity index (χ0v) is 19.9. The first-order valence-corrected chi connectivity index (χ1v) is 12.5. The van der Waals surface area contributed by atoms with Crippen molar-refractivity contribution in [1.82, 2.24) is 10.3 Å². The van der Waals surface area contributed by atoms with Crippen molar-refractivity contribution in [3.63, 3.8) is 0 Å². The topological polar surface area (TPSA) is 85.4 Å². The monoisotopic (exact) mass is 474 g/mol. The quantitative estimate of drug-likeness (QED) is 0.387. The average Bonchev–Trinajstić information content (AvgIpc) is 2.86. The molecule has 0 saturated heterocycles. The number of carbonyl (C=O) groups is 1. The molecule has 0 fully saturated rings. The number of nitrogens with one attached hydrogen (secondary N) is 1. The Morgan fingerprint density at radius 1 is 0.941 bits per heavy atom. The molecule has 34 heavy (non-hydrogen) atoms. The molecule has 174 valence electrons. The lowest BCUT2D eigenvalue weighted by atomic mass is 10.1. The van der Waals surface area contributed by atoms with E-state index < -0.39 is 9.84 Å². The van der Waals surface area contributed by atoms with Gasteiger partial charge in [0, 0.05) is 29.9 Å². The highest BCUT2D eigenvalue weighted by Crippen LogP contribution is 2.25. The molecular weight excluding hydrogens is 448 g/mol. The molecule has 4 aromatic rings. The molecule has 1 heterocycles. The van der Waals surface area contributed by atoms with Crippen molar-refractivity contribution >= 4 is 26.5 Å². The van der Waals surface area contributed by atoms with E-state index in [0.717, 1.165) is 16.3 Å². The Hall–Kier alpha value is -3.71. The summed E-state index contributed by atoms with van der Waals surface area (Å²) >= 11 is 0. The van der Waals surface area contributed by atoms with Gasteiger partial charge in [-0.05, 0) is 65.4 Å². The van der Waals surface area contributed by atoms with E-state index in [1.54, 1.807) is 73.1 Å². The first kappa shape index (κ1) is 23.4. The van der Waals surface area contributed by atoms with Crippen LogP contribution in [0.15, 0.2) is 95.0 Å². The largest absolute Gasteiger partial charge is 0.493 e. The number of fused-ring (bicyclic) bond motifs is 1. The van der Waals surface area contributed by atoms with Gasteiger partial charge in [0.15, 0.2) is 0 Å². The Morgan fingerprint density at radius 3 is 2.50 bits per heavy atom. The molecule has 0 bridgehead atoms. The summed E-state index contributed by atoms with van der Waals surface area (Å²) in [5, 5.41) is 4.78. The molecule has 0 saturated carbocycles. The van der Waals surface area contributed by atoms with Crippen LogP contribution < -0.4 is 10.1 Å². The van der Waals surface area contributed by atoms with Crippen LogP contribution >= 0.6 is 0 Å². The molecule has 1 amide bonds. The first-order valence-electron chi connectivity index (χ1n) is 11.0. The standard InChI is InChI=1S/C27H26N2O4S/c1-19(2)18-33-24-4-3-5-26(15-24)34(31,32)25-10-6-20(7-11-25)16-29-27(30)22-9-8-21-12-13-28-17-23(21)14-22/h3-15,17,19H,16,18H2,1-2H3,(H,29,30). The SMILES string of the molecule is CC(C)COc1cccc(S(=O)(=O)c2ccc(CNC(=O)c3ccc4ccncc4c3)cc2)c1. The van der Waals surface area contributed by atoms with Crippen LogP contribution in [0.5, 0.6) is 5.75 Å². The van der Waals surface area contributed by atoms with Crippen molar-refractivity contribution in [2.45, 2.75) is 30.2 Å². The fourth-order valence-corrected chi connectivity index (χ4v) is 4.72. The lowest BCUT2D eigenvalue weighted by Crippen LogP contribution is -2.22. The summed E-state index contributed by atoms with van der Waals surface area (Å²) in [5.74, 6) is 0.658. The van der Waals surface area contributed by atoms with Gasteiger partial charge in [-0.2, -0.15) is 0 Å². The molecule has 1 aromatic heterocycles. The Balaban J connectivity index is 1.43. The predicted octanol–water partition coefficient (Wildman–Crippen LogP) is 5.03. The molecule has 0 aliphatic carbocycles. The van der Waals surface area contributed by atoms with Gasteiger partial charge in [0.1, 0.15) is 5.75 Å². The Morgan fingerprint density at radius 2 is 1.74 bits per heavy atom. The number of carbonyl (C=O) groups excluding carboxylic acids is 1. The van der Waals surface area contributed by atoms with Gasteiger partial charge in [0.25, 0.3) is 5.91 Å². The highest BCUT2D eigenvalue weighted by molar-refractivity contribution is 7.91. The molecule has 0 radical (unpaired) electrons. The Bertz CT molecular complexity index is 1410. The third-order valence-corrected chi connectivity index (χ3v) is 7.06. The number of pyridine rings is 1. The van der Waals surface area contributed by atoms with E-state index in [2.05, 4.69) is 10.3 Å². The molecule has 3 aromatic carbocycles. The van der Waals surface area contributed by atoms with Gasteiger partial charge in [-0.15, -0.1) is 0 Å². The van der Waals surface area contributed by atoms with Crippen LogP contribution in [-0.4, -0.2) is 25.9 Å². The van der Waals surface area contributed by atoms with Crippen molar-refractivity contribution in [2.24, 2.45) is 5.92 Å². The van der Waals surface area contributed by atoms with Crippen LogP contribution in [-0.2, 0) is 16.4 Å². The Labute approximate surface area is 199 Å². The zero-order valence-electron chi connectivity index (χ0n) is 19.1. The lowest BCUT2D eigenvalue weighted by Gasteiger charge is -2.11. The number of rotatable bonds is 8. The number of sulfone groups is 1. The Kier molecular flexibility index (Phi) is 6.93. The molecule has 0 aliphatic heterocycles. The maximum Gasteiger partial charge on any atom is 0.251 e. The number of ether oxygens (including phenoxy) is 1. The van der Waals surface area contributed by atoms with Gasteiger partial charge >= 0.3 is 0 Å². The van der Waals surface area contributed by atoms with E-state index in [9.17, 15) is 13.2 Å². The fraction of sp³-hybridized carbons (Fsp3) is 0.185. The smallest absolute Gasteiger partial charge is 0.251 e. The second-order valence-corrected chi connectivity index (χ2v) is 10.4. The zero-order chi connectivity index (χ0) is 24.1. The van der Waals surface area contributed by atoms with Crippen LogP contribution in [0.4, 0.5) is 0 Å². The minimum atomic E-state index is -3.69. The number of hydrogen-bond acceptors (Lipinski definition) is 5. The van der Waals surface area contributed by atoms with Crippen LogP contribution in [0, 0.1) is 5.92 Å². The van der Waals surface area contributed by atoms with Crippen molar-refractivity contribution in [2.75, 3.05) is 6.61 Å². The van der Waals surface area contributed by atoms with Crippen LogP contribution in [0.25, 0.3) is 10.8 Å². The number of benzene rings is 3. The third kappa shape index (κ3) is 5.43. The summed E-state index contributed by atoms with van der Waals surface area (Å²) in [6, 6.07) is 20.4. The van der Waals surface area contributed by atoms with Crippen LogP contribution in [0.1, 0.15) is 29.8 Å². The number of amides is 1. The molecule has 0 aliphatic rings. The molecule has 6 nitrogen and oxygen atoms in total. The number of hydrogen-bond donors (Lipinski definition) is 1. The normalized spacial score (nSPS) is 11.5. The second kappa shape index (κ2) is 10.1. The maximum atomic E-state index is 13.1. The average molecular weight is 475 g/mol. The molecule has 0 spiro atoms. The minimum absolute atomic E-state index is 0.181. The molecule has 0 atom stereocenters. The summed E-state index contributed by atoms with van der Waals surface area (Å²) in [7, 11) is -3.69. The highest BCUT2D eigenvalue weighted by atomic mass is 32.2. The molecule has 1 N–H and O–H groups in total. The fourth-order valence-electron chi connectivity index (χ4n) is 3.43. The summed E-state index contributed by atoms with van der Waals surface area (Å²) in [6.07, 6.45) is 3.43. The van der Waals surface area contributed by atoms with Crippen molar-refractivity contribution < 1.29 is 17.9 Å². The lowest BCUT2D eigenvalue weighted by molar-refractivity contribution is 0.0951. The van der Waals surface area contributed by atoms with Crippen molar-refractivity contribution in [3.8, 4) is 5.75 Å². The van der Waals surface area contributed by atoms with Gasteiger partial charge < -0.3 is 10.1 Å². The van der Waals surface area contributed by atoms with Gasteiger partial charge in [-0.3, -0.25) is 9.78 Å². The first-order chi connectivity index (χ1) is 16.3. The van der Waals surface area contributed by atoms with E-state index in [-0.39, 0.29) is 22.2 Å². The molecule has 0 unspecified atom stereocenters. The minimum Gasteiger partial charge on any atom is -0.493 e. The number of aromatic nitrogens is 1. The van der Waals surface area contributed by atoms with Gasteiger partial charge in [0.05, 0.1) is 16.4 Å². The molecular formula is C27H26N2O4S. The van der Waals surface area contributed by atoms with Crippen molar-refractivity contribution in [1.29, 1.82) is 0 Å². The van der Waals surface area contributed by atoms with E-state index >= 15 is 0 Å². The predicted molar refractivity (Wildman–Crippen MR) is 132 cm³/mol. The van der Waals surface area contributed by atoms with Crippen LogP contribution in [0.2, 0.25) is 0 Å². The molecule has 7 heteroatoms. The summed E-state index contributed by atoms with van der Waals surface area (Å²) in [6.45, 7) is 4.86. The van der Waals surface area contributed by atoms with Gasteiger partial charge in [-0.25, -0.2) is 8.42 Å². The summed E-state index contributed by atoms with van der Waals surface area (Å²) < 4.78 is 31.8. The summed E-state index contributed by atoms with van der Waals surface area (Å²) in [5.41, 5.74) is 1.34.